The van der Waals surface area contributed by atoms with Crippen molar-refractivity contribution in [1.82, 2.24) is 4.90 Å². The number of hydrogen-bond donors (Lipinski definition) is 1. The van der Waals surface area contributed by atoms with E-state index in [2.05, 4.69) is 5.32 Å². The summed E-state index contributed by atoms with van der Waals surface area (Å²) in [5.41, 5.74) is 0.933. The number of nitrogens with zero attached hydrogens (tertiary/aromatic N) is 2. The number of nitrogens with one attached hydrogen (secondary N) is 1. The van der Waals surface area contributed by atoms with E-state index in [1.165, 1.54) is 32.4 Å². The van der Waals surface area contributed by atoms with Crippen LogP contribution in [0, 0.1) is 0 Å². The molecule has 1 saturated heterocycles. The third kappa shape index (κ3) is 6.31. The van der Waals surface area contributed by atoms with E-state index < -0.39 is 22.5 Å². The van der Waals surface area contributed by atoms with Gasteiger partial charge in [0.05, 0.1) is 42.7 Å². The van der Waals surface area contributed by atoms with E-state index >= 15 is 0 Å². The molecule has 0 saturated carbocycles. The van der Waals surface area contributed by atoms with Crippen LogP contribution in [-0.2, 0) is 14.8 Å². The Labute approximate surface area is 234 Å². The van der Waals surface area contributed by atoms with Gasteiger partial charge in [0.2, 0.25) is 5.91 Å². The molecular formula is C29H33N3O7S. The highest BCUT2D eigenvalue weighted by Gasteiger charge is 2.29. The van der Waals surface area contributed by atoms with Crippen molar-refractivity contribution in [2.24, 2.45) is 0 Å². The zero-order valence-electron chi connectivity index (χ0n) is 22.8. The van der Waals surface area contributed by atoms with Crippen LogP contribution in [0.15, 0.2) is 71.6 Å². The van der Waals surface area contributed by atoms with E-state index in [1.54, 1.807) is 53.4 Å². The molecule has 1 fully saturated rings. The molecule has 1 N–H and O–H groups in total. The molecular weight excluding hydrogens is 534 g/mol. The zero-order valence-corrected chi connectivity index (χ0v) is 23.6. The van der Waals surface area contributed by atoms with E-state index in [-0.39, 0.29) is 22.2 Å². The molecule has 212 valence electrons. The highest BCUT2D eigenvalue weighted by atomic mass is 32.2. The van der Waals surface area contributed by atoms with Gasteiger partial charge in [-0.15, -0.1) is 0 Å². The van der Waals surface area contributed by atoms with Gasteiger partial charge in [0.15, 0.2) is 11.5 Å². The summed E-state index contributed by atoms with van der Waals surface area (Å²) in [5, 5.41) is 2.75. The fourth-order valence-corrected chi connectivity index (χ4v) is 5.92. The minimum absolute atomic E-state index is 0.0866. The summed E-state index contributed by atoms with van der Waals surface area (Å²) in [6.45, 7) is 3.08. The Hall–Kier alpha value is -4.25. The highest BCUT2D eigenvalue weighted by molar-refractivity contribution is 7.92. The number of hydrogen-bond acceptors (Lipinski definition) is 7. The van der Waals surface area contributed by atoms with E-state index in [1.807, 2.05) is 6.92 Å². The number of para-hydroxylation sites is 1. The monoisotopic (exact) mass is 567 g/mol. The summed E-state index contributed by atoms with van der Waals surface area (Å²) in [6, 6.07) is 17.4. The molecule has 40 heavy (non-hydrogen) atoms. The molecule has 0 atom stereocenters. The van der Waals surface area contributed by atoms with E-state index in [9.17, 15) is 18.0 Å². The van der Waals surface area contributed by atoms with Gasteiger partial charge >= 0.3 is 0 Å². The topological polar surface area (TPSA) is 114 Å². The molecule has 2 amide bonds. The van der Waals surface area contributed by atoms with Crippen molar-refractivity contribution >= 4 is 33.2 Å². The number of sulfonamides is 1. The normalized spacial score (nSPS) is 13.0. The summed E-state index contributed by atoms with van der Waals surface area (Å²) in [5.74, 6) is 0.378. The molecule has 3 aromatic rings. The summed E-state index contributed by atoms with van der Waals surface area (Å²) in [4.78, 5) is 28.1. The maximum atomic E-state index is 13.9. The Kier molecular flexibility index (Phi) is 9.15. The lowest BCUT2D eigenvalue weighted by molar-refractivity contribution is -0.114. The molecule has 4 rings (SSSR count). The van der Waals surface area contributed by atoms with Crippen molar-refractivity contribution in [3.63, 3.8) is 0 Å². The van der Waals surface area contributed by atoms with Crippen molar-refractivity contribution in [3.05, 3.63) is 72.3 Å². The molecule has 1 aliphatic rings. The Morgan fingerprint density at radius 1 is 0.925 bits per heavy atom. The lowest BCUT2D eigenvalue weighted by atomic mass is 10.1. The van der Waals surface area contributed by atoms with Gasteiger partial charge in [0.25, 0.3) is 15.9 Å². The lowest BCUT2D eigenvalue weighted by Gasteiger charge is -2.25. The van der Waals surface area contributed by atoms with Crippen molar-refractivity contribution in [2.45, 2.75) is 24.7 Å². The standard InChI is InChI=1S/C29H33N3O7S/c1-4-39-22-13-11-21(12-14-22)32(40(35,36)23-15-16-26(37-2)27(19-23)38-3)20-28(33)30-25-10-6-5-9-24(25)29(34)31-17-7-8-18-31/h5-6,9-16,19H,4,7-8,17-18,20H2,1-3H3,(H,30,33). The Balaban J connectivity index is 1.66. The van der Waals surface area contributed by atoms with Crippen molar-refractivity contribution in [2.75, 3.05) is 50.1 Å². The SMILES string of the molecule is CCOc1ccc(N(CC(=O)Nc2ccccc2C(=O)N2CCCC2)S(=O)(=O)c2ccc(OC)c(OC)c2)cc1. The second kappa shape index (κ2) is 12.7. The summed E-state index contributed by atoms with van der Waals surface area (Å²) in [6.07, 6.45) is 1.87. The first-order valence-electron chi connectivity index (χ1n) is 12.9. The molecule has 0 spiro atoms. The van der Waals surface area contributed by atoms with E-state index in [0.29, 0.717) is 42.4 Å². The van der Waals surface area contributed by atoms with Crippen molar-refractivity contribution in [3.8, 4) is 17.2 Å². The number of carbonyl (C=O) groups excluding carboxylic acids is 2. The fourth-order valence-electron chi connectivity index (χ4n) is 4.48. The van der Waals surface area contributed by atoms with E-state index in [0.717, 1.165) is 17.1 Å². The molecule has 11 heteroatoms. The van der Waals surface area contributed by atoms with Gasteiger partial charge in [-0.25, -0.2) is 8.42 Å². The Bertz CT molecular complexity index is 1450. The molecule has 0 unspecified atom stereocenters. The average Bonchev–Trinajstić information content (AvgIpc) is 3.51. The average molecular weight is 568 g/mol. The Morgan fingerprint density at radius 3 is 2.25 bits per heavy atom. The smallest absolute Gasteiger partial charge is 0.264 e. The molecule has 0 aliphatic carbocycles. The van der Waals surface area contributed by atoms with Crippen molar-refractivity contribution < 1.29 is 32.2 Å². The predicted molar refractivity (Wildman–Crippen MR) is 152 cm³/mol. The third-order valence-electron chi connectivity index (χ3n) is 6.49. The molecule has 3 aromatic carbocycles. The Morgan fingerprint density at radius 2 is 1.60 bits per heavy atom. The summed E-state index contributed by atoms with van der Waals surface area (Å²) < 4.78 is 44.8. The number of amides is 2. The molecule has 1 aliphatic heterocycles. The van der Waals surface area contributed by atoms with Gasteiger partial charge in [0.1, 0.15) is 12.3 Å². The van der Waals surface area contributed by atoms with Crippen LogP contribution in [-0.4, -0.2) is 65.6 Å². The van der Waals surface area contributed by atoms with Gasteiger partial charge in [0, 0.05) is 19.2 Å². The quantitative estimate of drug-likeness (QED) is 0.370. The third-order valence-corrected chi connectivity index (χ3v) is 8.26. The molecule has 1 heterocycles. The maximum absolute atomic E-state index is 13.9. The van der Waals surface area contributed by atoms with Crippen LogP contribution in [0.3, 0.4) is 0 Å². The van der Waals surface area contributed by atoms with E-state index in [4.69, 9.17) is 14.2 Å². The first kappa shape index (κ1) is 28.8. The predicted octanol–water partition coefficient (Wildman–Crippen LogP) is 4.17. The minimum Gasteiger partial charge on any atom is -0.494 e. The number of carbonyl (C=O) groups is 2. The van der Waals surface area contributed by atoms with Crippen LogP contribution in [0.1, 0.15) is 30.1 Å². The van der Waals surface area contributed by atoms with Crippen LogP contribution in [0.5, 0.6) is 17.2 Å². The molecule has 0 aromatic heterocycles. The summed E-state index contributed by atoms with van der Waals surface area (Å²) in [7, 11) is -1.38. The first-order chi connectivity index (χ1) is 19.3. The highest BCUT2D eigenvalue weighted by Crippen LogP contribution is 2.33. The van der Waals surface area contributed by atoms with Gasteiger partial charge in [-0.3, -0.25) is 13.9 Å². The minimum atomic E-state index is -4.24. The van der Waals surface area contributed by atoms with Crippen LogP contribution < -0.4 is 23.8 Å². The fraction of sp³-hybridized carbons (Fsp3) is 0.310. The van der Waals surface area contributed by atoms with Crippen LogP contribution in [0.4, 0.5) is 11.4 Å². The van der Waals surface area contributed by atoms with Gasteiger partial charge < -0.3 is 24.4 Å². The second-order valence-electron chi connectivity index (χ2n) is 9.05. The number of anilines is 2. The number of benzene rings is 3. The van der Waals surface area contributed by atoms with Crippen LogP contribution in [0.25, 0.3) is 0 Å². The molecule has 0 bridgehead atoms. The second-order valence-corrected chi connectivity index (χ2v) is 10.9. The zero-order chi connectivity index (χ0) is 28.7. The maximum Gasteiger partial charge on any atom is 0.264 e. The number of methoxy groups -OCH3 is 2. The number of ether oxygens (including phenoxy) is 3. The first-order valence-corrected chi connectivity index (χ1v) is 14.4. The van der Waals surface area contributed by atoms with Gasteiger partial charge in [-0.05, 0) is 68.3 Å². The number of rotatable bonds is 11. The number of likely N-dealkylation sites (tertiary alicyclic amines) is 1. The summed E-state index contributed by atoms with van der Waals surface area (Å²) >= 11 is 0. The van der Waals surface area contributed by atoms with Crippen molar-refractivity contribution in [1.29, 1.82) is 0 Å². The van der Waals surface area contributed by atoms with Gasteiger partial charge in [-0.2, -0.15) is 0 Å². The lowest BCUT2D eigenvalue weighted by Crippen LogP contribution is -2.38. The van der Waals surface area contributed by atoms with Crippen LogP contribution >= 0.6 is 0 Å². The largest absolute Gasteiger partial charge is 0.494 e. The molecule has 10 nitrogen and oxygen atoms in total. The molecule has 0 radical (unpaired) electrons. The van der Waals surface area contributed by atoms with Gasteiger partial charge in [-0.1, -0.05) is 12.1 Å². The van der Waals surface area contributed by atoms with Crippen LogP contribution in [0.2, 0.25) is 0 Å².